The molecule has 1 aliphatic rings. The van der Waals surface area contributed by atoms with Crippen molar-refractivity contribution in [3.8, 4) is 0 Å². The minimum atomic E-state index is -0.182. The van der Waals surface area contributed by atoms with Crippen LogP contribution in [-0.2, 0) is 11.3 Å². The van der Waals surface area contributed by atoms with Crippen molar-refractivity contribution in [1.82, 2.24) is 20.3 Å². The monoisotopic (exact) mass is 253 g/mol. The Hall–Kier alpha value is -1.47. The highest BCUT2D eigenvalue weighted by Gasteiger charge is 2.31. The first-order chi connectivity index (χ1) is 8.72. The highest BCUT2D eigenvalue weighted by atomic mass is 16.5. The van der Waals surface area contributed by atoms with Gasteiger partial charge in [0.1, 0.15) is 0 Å². The topological polar surface area (TPSA) is 95.1 Å². The SMILES string of the molecule is CCOC1CC(NC(=O)c2cn(CCN)nn2)C1. The summed E-state index contributed by atoms with van der Waals surface area (Å²) in [5, 5.41) is 10.5. The molecule has 0 unspecified atom stereocenters. The molecule has 1 aliphatic carbocycles. The van der Waals surface area contributed by atoms with Crippen molar-refractivity contribution >= 4 is 5.91 Å². The van der Waals surface area contributed by atoms with E-state index >= 15 is 0 Å². The highest BCUT2D eigenvalue weighted by molar-refractivity contribution is 5.92. The van der Waals surface area contributed by atoms with Crippen LogP contribution in [0.4, 0.5) is 0 Å². The first kappa shape index (κ1) is 13.0. The summed E-state index contributed by atoms with van der Waals surface area (Å²) in [4.78, 5) is 11.8. The van der Waals surface area contributed by atoms with E-state index in [2.05, 4.69) is 15.6 Å². The van der Waals surface area contributed by atoms with Gasteiger partial charge in [0.2, 0.25) is 0 Å². The van der Waals surface area contributed by atoms with Crippen LogP contribution in [0.1, 0.15) is 30.3 Å². The molecule has 1 aromatic rings. The van der Waals surface area contributed by atoms with E-state index in [0.717, 1.165) is 19.4 Å². The fourth-order valence-electron chi connectivity index (χ4n) is 1.96. The number of aromatic nitrogens is 3. The van der Waals surface area contributed by atoms with Gasteiger partial charge in [-0.3, -0.25) is 9.48 Å². The second kappa shape index (κ2) is 5.92. The Morgan fingerprint density at radius 3 is 3.11 bits per heavy atom. The van der Waals surface area contributed by atoms with Crippen molar-refractivity contribution in [3.63, 3.8) is 0 Å². The molecule has 0 spiro atoms. The summed E-state index contributed by atoms with van der Waals surface area (Å²) in [5.74, 6) is -0.182. The van der Waals surface area contributed by atoms with Crippen LogP contribution in [0.15, 0.2) is 6.20 Å². The van der Waals surface area contributed by atoms with E-state index in [1.807, 2.05) is 6.92 Å². The molecular formula is C11H19N5O2. The van der Waals surface area contributed by atoms with Crippen molar-refractivity contribution < 1.29 is 9.53 Å². The Balaban J connectivity index is 1.78. The minimum Gasteiger partial charge on any atom is -0.378 e. The number of carbonyl (C=O) groups is 1. The lowest BCUT2D eigenvalue weighted by Gasteiger charge is -2.35. The molecule has 0 aromatic carbocycles. The zero-order valence-corrected chi connectivity index (χ0v) is 10.5. The third-order valence-electron chi connectivity index (χ3n) is 2.96. The molecule has 7 nitrogen and oxygen atoms in total. The summed E-state index contributed by atoms with van der Waals surface area (Å²) in [5.41, 5.74) is 5.73. The number of nitrogens with zero attached hydrogens (tertiary/aromatic N) is 3. The number of hydrogen-bond donors (Lipinski definition) is 2. The number of hydrogen-bond acceptors (Lipinski definition) is 5. The Kier molecular flexibility index (Phi) is 4.27. The van der Waals surface area contributed by atoms with Crippen molar-refractivity contribution in [2.24, 2.45) is 5.73 Å². The van der Waals surface area contributed by atoms with Gasteiger partial charge in [-0.25, -0.2) is 0 Å². The molecule has 100 valence electrons. The summed E-state index contributed by atoms with van der Waals surface area (Å²) < 4.78 is 7.00. The number of amides is 1. The maximum atomic E-state index is 11.8. The Bertz CT molecular complexity index is 400. The van der Waals surface area contributed by atoms with Crippen molar-refractivity contribution in [1.29, 1.82) is 0 Å². The molecular weight excluding hydrogens is 234 g/mol. The fraction of sp³-hybridized carbons (Fsp3) is 0.727. The molecule has 1 amide bonds. The first-order valence-corrected chi connectivity index (χ1v) is 6.25. The molecule has 0 bridgehead atoms. The summed E-state index contributed by atoms with van der Waals surface area (Å²) >= 11 is 0. The molecule has 18 heavy (non-hydrogen) atoms. The lowest BCUT2D eigenvalue weighted by Crippen LogP contribution is -2.47. The van der Waals surface area contributed by atoms with Crippen LogP contribution in [0.5, 0.6) is 0 Å². The van der Waals surface area contributed by atoms with Crippen LogP contribution >= 0.6 is 0 Å². The lowest BCUT2D eigenvalue weighted by atomic mass is 9.89. The summed E-state index contributed by atoms with van der Waals surface area (Å²) in [6, 6.07) is 0.189. The number of ether oxygens (including phenoxy) is 1. The minimum absolute atomic E-state index is 0.182. The molecule has 7 heteroatoms. The third kappa shape index (κ3) is 3.05. The molecule has 0 atom stereocenters. The van der Waals surface area contributed by atoms with Gasteiger partial charge in [-0.1, -0.05) is 5.21 Å². The van der Waals surface area contributed by atoms with Crippen LogP contribution in [0.2, 0.25) is 0 Å². The second-order valence-corrected chi connectivity index (χ2v) is 4.37. The standard InChI is InChI=1S/C11H19N5O2/c1-2-18-9-5-8(6-9)13-11(17)10-7-16(4-3-12)15-14-10/h7-9H,2-6,12H2,1H3,(H,13,17). The van der Waals surface area contributed by atoms with Gasteiger partial charge in [0.15, 0.2) is 5.69 Å². The number of rotatable bonds is 6. The van der Waals surface area contributed by atoms with E-state index in [4.69, 9.17) is 10.5 Å². The molecule has 3 N–H and O–H groups in total. The van der Waals surface area contributed by atoms with Crippen molar-refractivity contribution in [3.05, 3.63) is 11.9 Å². The van der Waals surface area contributed by atoms with Crippen LogP contribution in [-0.4, -0.2) is 46.2 Å². The van der Waals surface area contributed by atoms with Gasteiger partial charge in [-0.2, -0.15) is 0 Å². The van der Waals surface area contributed by atoms with Gasteiger partial charge in [0.05, 0.1) is 18.8 Å². The van der Waals surface area contributed by atoms with Crippen LogP contribution in [0, 0.1) is 0 Å². The Morgan fingerprint density at radius 2 is 2.44 bits per heavy atom. The second-order valence-electron chi connectivity index (χ2n) is 4.37. The number of nitrogens with one attached hydrogen (secondary N) is 1. The molecule has 0 saturated heterocycles. The van der Waals surface area contributed by atoms with E-state index in [1.54, 1.807) is 10.9 Å². The highest BCUT2D eigenvalue weighted by Crippen LogP contribution is 2.23. The van der Waals surface area contributed by atoms with Gasteiger partial charge in [0.25, 0.3) is 5.91 Å². The van der Waals surface area contributed by atoms with Gasteiger partial charge in [-0.15, -0.1) is 5.10 Å². The normalized spacial score (nSPS) is 22.6. The maximum Gasteiger partial charge on any atom is 0.273 e. The van der Waals surface area contributed by atoms with Gasteiger partial charge >= 0.3 is 0 Å². The van der Waals surface area contributed by atoms with Crippen molar-refractivity contribution in [2.45, 2.75) is 38.5 Å². The zero-order chi connectivity index (χ0) is 13.0. The summed E-state index contributed by atoms with van der Waals surface area (Å²) in [6.07, 6.45) is 3.64. The van der Waals surface area contributed by atoms with Crippen LogP contribution in [0.25, 0.3) is 0 Å². The fourth-order valence-corrected chi connectivity index (χ4v) is 1.96. The maximum absolute atomic E-state index is 11.8. The van der Waals surface area contributed by atoms with E-state index < -0.39 is 0 Å². The third-order valence-corrected chi connectivity index (χ3v) is 2.96. The molecule has 0 radical (unpaired) electrons. The number of carbonyl (C=O) groups excluding carboxylic acids is 1. The van der Waals surface area contributed by atoms with Gasteiger partial charge < -0.3 is 15.8 Å². The largest absolute Gasteiger partial charge is 0.378 e. The molecule has 1 saturated carbocycles. The zero-order valence-electron chi connectivity index (χ0n) is 10.5. The summed E-state index contributed by atoms with van der Waals surface area (Å²) in [7, 11) is 0. The van der Waals surface area contributed by atoms with Gasteiger partial charge in [-0.05, 0) is 19.8 Å². The van der Waals surface area contributed by atoms with E-state index in [0.29, 0.717) is 18.8 Å². The lowest BCUT2D eigenvalue weighted by molar-refractivity contribution is -0.00867. The van der Waals surface area contributed by atoms with Crippen molar-refractivity contribution in [2.75, 3.05) is 13.2 Å². The van der Waals surface area contributed by atoms with Crippen LogP contribution < -0.4 is 11.1 Å². The predicted molar refractivity (Wildman–Crippen MR) is 65.0 cm³/mol. The van der Waals surface area contributed by atoms with Crippen LogP contribution in [0.3, 0.4) is 0 Å². The molecule has 2 rings (SSSR count). The smallest absolute Gasteiger partial charge is 0.273 e. The average molecular weight is 253 g/mol. The first-order valence-electron chi connectivity index (χ1n) is 6.25. The molecule has 1 aromatic heterocycles. The predicted octanol–water partition coefficient (Wildman–Crippen LogP) is -0.466. The molecule has 1 fully saturated rings. The van der Waals surface area contributed by atoms with Gasteiger partial charge in [0, 0.05) is 19.2 Å². The molecule has 0 aliphatic heterocycles. The number of nitrogens with two attached hydrogens (primary N) is 1. The Morgan fingerprint density at radius 1 is 1.67 bits per heavy atom. The molecule has 1 heterocycles. The van der Waals surface area contributed by atoms with E-state index in [-0.39, 0.29) is 18.1 Å². The quantitative estimate of drug-likeness (QED) is 0.715. The Labute approximate surface area is 106 Å². The summed E-state index contributed by atoms with van der Waals surface area (Å²) in [6.45, 7) is 3.74. The van der Waals surface area contributed by atoms with E-state index in [9.17, 15) is 4.79 Å². The average Bonchev–Trinajstić information content (AvgIpc) is 2.75. The van der Waals surface area contributed by atoms with E-state index in [1.165, 1.54) is 0 Å².